The molecule has 144 valence electrons. The summed E-state index contributed by atoms with van der Waals surface area (Å²) in [6, 6.07) is 15.8. The molecule has 0 saturated carbocycles. The van der Waals surface area contributed by atoms with Crippen molar-refractivity contribution >= 4 is 35.0 Å². The number of unbranched alkanes of at least 4 members (excludes halogenated alkanes) is 2. The van der Waals surface area contributed by atoms with Crippen LogP contribution in [0.15, 0.2) is 71.9 Å². The number of thiocarbonyl (C=S) groups is 1. The average Bonchev–Trinajstić information content (AvgIpc) is 2.97. The van der Waals surface area contributed by atoms with Gasteiger partial charge in [-0.2, -0.15) is 0 Å². The van der Waals surface area contributed by atoms with E-state index < -0.39 is 0 Å². The number of rotatable bonds is 7. The molecular formula is C23H23FN2OS. The maximum absolute atomic E-state index is 13.2. The minimum atomic E-state index is -0.353. The average molecular weight is 395 g/mol. The fourth-order valence-electron chi connectivity index (χ4n) is 3.07. The van der Waals surface area contributed by atoms with Gasteiger partial charge in [0, 0.05) is 0 Å². The van der Waals surface area contributed by atoms with Gasteiger partial charge in [-0.15, -0.1) is 0 Å². The van der Waals surface area contributed by atoms with Crippen LogP contribution in [0.2, 0.25) is 0 Å². The van der Waals surface area contributed by atoms with Crippen LogP contribution in [0, 0.1) is 5.82 Å². The standard InChI is InChI=1S/C23H23FN2OS/c1-2-3-5-10-18(15-17-8-6-4-7-9-17)16-21-22(27)26(23(28)25-21)20-13-11-19(24)12-14-20/h4,6-9,11-16H,2-3,5,10H2,1H3,(H,25,28)/b18-15-,21-16+. The predicted molar refractivity (Wildman–Crippen MR) is 116 cm³/mol. The van der Waals surface area contributed by atoms with Crippen molar-refractivity contribution in [2.24, 2.45) is 0 Å². The van der Waals surface area contributed by atoms with E-state index in [0.29, 0.717) is 16.5 Å². The number of carbonyl (C=O) groups excluding carboxylic acids is 1. The Morgan fingerprint density at radius 2 is 1.82 bits per heavy atom. The smallest absolute Gasteiger partial charge is 0.281 e. The number of halogens is 1. The third-order valence-corrected chi connectivity index (χ3v) is 4.80. The van der Waals surface area contributed by atoms with Gasteiger partial charge < -0.3 is 5.32 Å². The topological polar surface area (TPSA) is 32.3 Å². The Balaban J connectivity index is 1.87. The quantitative estimate of drug-likeness (QED) is 0.377. The molecule has 3 rings (SSSR count). The lowest BCUT2D eigenvalue weighted by Crippen LogP contribution is -2.30. The maximum Gasteiger partial charge on any atom is 0.281 e. The number of hydrogen-bond donors (Lipinski definition) is 1. The lowest BCUT2D eigenvalue weighted by atomic mass is 10.0. The summed E-state index contributed by atoms with van der Waals surface area (Å²) in [5, 5.41) is 3.31. The molecule has 28 heavy (non-hydrogen) atoms. The summed E-state index contributed by atoms with van der Waals surface area (Å²) < 4.78 is 13.2. The molecule has 1 fully saturated rings. The molecule has 2 aromatic rings. The highest BCUT2D eigenvalue weighted by Crippen LogP contribution is 2.24. The number of nitrogens with zero attached hydrogens (tertiary/aromatic N) is 1. The zero-order valence-corrected chi connectivity index (χ0v) is 16.6. The second-order valence-electron chi connectivity index (χ2n) is 6.69. The monoisotopic (exact) mass is 394 g/mol. The zero-order chi connectivity index (χ0) is 19.9. The van der Waals surface area contributed by atoms with E-state index in [4.69, 9.17) is 12.2 Å². The molecule has 5 heteroatoms. The molecule has 1 saturated heterocycles. The highest BCUT2D eigenvalue weighted by atomic mass is 32.1. The highest BCUT2D eigenvalue weighted by molar-refractivity contribution is 7.80. The normalized spacial score (nSPS) is 16.0. The van der Waals surface area contributed by atoms with E-state index in [1.54, 1.807) is 12.1 Å². The minimum Gasteiger partial charge on any atom is -0.327 e. The molecule has 1 amide bonds. The molecule has 0 radical (unpaired) electrons. The first-order valence-corrected chi connectivity index (χ1v) is 9.87. The summed E-state index contributed by atoms with van der Waals surface area (Å²) >= 11 is 5.34. The molecule has 1 aliphatic rings. The van der Waals surface area contributed by atoms with Gasteiger partial charge in [0.2, 0.25) is 0 Å². The molecule has 2 aromatic carbocycles. The SMILES string of the molecule is CCCCCC(=C/c1ccccc1)/C=C1/NC(=S)N(c2ccc(F)cc2)C1=O. The number of amides is 1. The third kappa shape index (κ3) is 4.93. The van der Waals surface area contributed by atoms with Gasteiger partial charge in [-0.05, 0) is 66.5 Å². The number of hydrogen-bond acceptors (Lipinski definition) is 2. The molecule has 0 aliphatic carbocycles. The number of carbonyl (C=O) groups is 1. The minimum absolute atomic E-state index is 0.230. The van der Waals surface area contributed by atoms with E-state index in [1.807, 2.05) is 36.4 Å². The number of anilines is 1. The zero-order valence-electron chi connectivity index (χ0n) is 15.8. The maximum atomic E-state index is 13.2. The van der Waals surface area contributed by atoms with Gasteiger partial charge in [0.25, 0.3) is 5.91 Å². The van der Waals surface area contributed by atoms with Gasteiger partial charge in [-0.25, -0.2) is 4.39 Å². The van der Waals surface area contributed by atoms with Crippen LogP contribution in [-0.4, -0.2) is 11.0 Å². The Morgan fingerprint density at radius 3 is 2.50 bits per heavy atom. The second kappa shape index (κ2) is 9.42. The molecule has 3 nitrogen and oxygen atoms in total. The number of allylic oxidation sites excluding steroid dienone is 2. The fourth-order valence-corrected chi connectivity index (χ4v) is 3.37. The Hall–Kier alpha value is -2.79. The van der Waals surface area contributed by atoms with E-state index in [-0.39, 0.29) is 11.7 Å². The predicted octanol–water partition coefficient (Wildman–Crippen LogP) is 5.59. The summed E-state index contributed by atoms with van der Waals surface area (Å²) in [6.07, 6.45) is 8.18. The molecule has 1 heterocycles. The first-order valence-electron chi connectivity index (χ1n) is 9.47. The summed E-state index contributed by atoms with van der Waals surface area (Å²) in [6.45, 7) is 2.17. The first kappa shape index (κ1) is 20.0. The summed E-state index contributed by atoms with van der Waals surface area (Å²) in [5.74, 6) is -0.583. The van der Waals surface area contributed by atoms with E-state index in [9.17, 15) is 9.18 Å². The van der Waals surface area contributed by atoms with Crippen molar-refractivity contribution in [2.75, 3.05) is 4.90 Å². The highest BCUT2D eigenvalue weighted by Gasteiger charge is 2.32. The van der Waals surface area contributed by atoms with Crippen molar-refractivity contribution in [3.63, 3.8) is 0 Å². The molecule has 0 atom stereocenters. The molecule has 1 N–H and O–H groups in total. The Kier molecular flexibility index (Phi) is 6.71. The van der Waals surface area contributed by atoms with Crippen molar-refractivity contribution in [1.82, 2.24) is 5.32 Å². The van der Waals surface area contributed by atoms with Crippen LogP contribution in [-0.2, 0) is 4.79 Å². The van der Waals surface area contributed by atoms with Crippen molar-refractivity contribution in [3.8, 4) is 0 Å². The van der Waals surface area contributed by atoms with Crippen LogP contribution in [0.4, 0.5) is 10.1 Å². The van der Waals surface area contributed by atoms with Crippen molar-refractivity contribution in [2.45, 2.75) is 32.6 Å². The van der Waals surface area contributed by atoms with E-state index in [1.165, 1.54) is 17.0 Å². The Morgan fingerprint density at radius 1 is 1.11 bits per heavy atom. The number of benzene rings is 2. The molecule has 0 bridgehead atoms. The van der Waals surface area contributed by atoms with Crippen molar-refractivity contribution < 1.29 is 9.18 Å². The van der Waals surface area contributed by atoms with E-state index >= 15 is 0 Å². The van der Waals surface area contributed by atoms with Gasteiger partial charge in [0.15, 0.2) is 5.11 Å². The van der Waals surface area contributed by atoms with E-state index in [0.717, 1.165) is 36.8 Å². The molecule has 0 aromatic heterocycles. The third-order valence-electron chi connectivity index (χ3n) is 4.51. The van der Waals surface area contributed by atoms with Crippen LogP contribution < -0.4 is 10.2 Å². The molecule has 0 spiro atoms. The molecule has 0 unspecified atom stereocenters. The first-order chi connectivity index (χ1) is 13.6. The summed E-state index contributed by atoms with van der Waals surface area (Å²) in [5.41, 5.74) is 3.15. The van der Waals surface area contributed by atoms with Crippen LogP contribution in [0.25, 0.3) is 6.08 Å². The molecular weight excluding hydrogens is 371 g/mol. The lowest BCUT2D eigenvalue weighted by Gasteiger charge is -2.13. The van der Waals surface area contributed by atoms with Crippen LogP contribution >= 0.6 is 12.2 Å². The van der Waals surface area contributed by atoms with Gasteiger partial charge >= 0.3 is 0 Å². The largest absolute Gasteiger partial charge is 0.327 e. The van der Waals surface area contributed by atoms with Gasteiger partial charge in [0.05, 0.1) is 5.69 Å². The summed E-state index contributed by atoms with van der Waals surface area (Å²) in [4.78, 5) is 14.3. The van der Waals surface area contributed by atoms with Gasteiger partial charge in [-0.1, -0.05) is 56.2 Å². The Bertz CT molecular complexity index is 904. The molecule has 1 aliphatic heterocycles. The van der Waals surface area contributed by atoms with Gasteiger partial charge in [-0.3, -0.25) is 9.69 Å². The Labute approximate surface area is 170 Å². The number of nitrogens with one attached hydrogen (secondary N) is 1. The lowest BCUT2D eigenvalue weighted by molar-refractivity contribution is -0.113. The second-order valence-corrected chi connectivity index (χ2v) is 7.08. The van der Waals surface area contributed by atoms with Gasteiger partial charge in [0.1, 0.15) is 11.5 Å². The summed E-state index contributed by atoms with van der Waals surface area (Å²) in [7, 11) is 0. The van der Waals surface area contributed by atoms with Crippen LogP contribution in [0.3, 0.4) is 0 Å². The van der Waals surface area contributed by atoms with Crippen molar-refractivity contribution in [3.05, 3.63) is 83.3 Å². The van der Waals surface area contributed by atoms with E-state index in [2.05, 4.69) is 18.3 Å². The fraction of sp³-hybridized carbons (Fsp3) is 0.217. The van der Waals surface area contributed by atoms with Crippen molar-refractivity contribution in [1.29, 1.82) is 0 Å². The van der Waals surface area contributed by atoms with Crippen LogP contribution in [0.5, 0.6) is 0 Å². The van der Waals surface area contributed by atoms with Crippen LogP contribution in [0.1, 0.15) is 38.2 Å².